The zero-order valence-corrected chi connectivity index (χ0v) is 10.3. The van der Waals surface area contributed by atoms with Gasteiger partial charge in [0.15, 0.2) is 0 Å². The van der Waals surface area contributed by atoms with Crippen LogP contribution in [0, 0.1) is 0 Å². The summed E-state index contributed by atoms with van der Waals surface area (Å²) in [6.07, 6.45) is 0.0626. The molecule has 0 amide bonds. The number of ether oxygens (including phenoxy) is 2. The van der Waals surface area contributed by atoms with Crippen LogP contribution in [0.25, 0.3) is 10.4 Å². The predicted molar refractivity (Wildman–Crippen MR) is 61.1 cm³/mol. The topological polar surface area (TPSA) is 101 Å². The summed E-state index contributed by atoms with van der Waals surface area (Å²) in [4.78, 5) is 24.3. The van der Waals surface area contributed by atoms with Crippen molar-refractivity contribution in [2.24, 2.45) is 5.11 Å². The van der Waals surface area contributed by atoms with Crippen LogP contribution in [0.4, 0.5) is 0 Å². The lowest BCUT2D eigenvalue weighted by atomic mass is 10.2. The van der Waals surface area contributed by atoms with E-state index in [0.717, 1.165) is 0 Å². The molecule has 1 heterocycles. The fraction of sp³-hybridized carbons (Fsp3) is 0.778. The summed E-state index contributed by atoms with van der Waals surface area (Å²) in [5.74, 6) is -0.788. The Labute approximate surface area is 102 Å². The number of thioether (sulfide) groups is 1. The van der Waals surface area contributed by atoms with Gasteiger partial charge in [-0.25, -0.2) is 0 Å². The van der Waals surface area contributed by atoms with E-state index in [9.17, 15) is 9.59 Å². The molecule has 3 atom stereocenters. The van der Waals surface area contributed by atoms with E-state index in [1.807, 2.05) is 0 Å². The molecule has 0 radical (unpaired) electrons. The van der Waals surface area contributed by atoms with Crippen LogP contribution in [0.15, 0.2) is 5.11 Å². The molecule has 17 heavy (non-hydrogen) atoms. The minimum absolute atomic E-state index is 0.148. The van der Waals surface area contributed by atoms with Crippen LogP contribution in [0.1, 0.15) is 20.3 Å². The van der Waals surface area contributed by atoms with Crippen molar-refractivity contribution in [1.82, 2.24) is 0 Å². The van der Waals surface area contributed by atoms with Crippen molar-refractivity contribution in [2.45, 2.75) is 37.0 Å². The summed E-state index contributed by atoms with van der Waals surface area (Å²) in [6.45, 7) is 2.77. The molecular weight excluding hydrogens is 246 g/mol. The van der Waals surface area contributed by atoms with Crippen molar-refractivity contribution in [2.75, 3.05) is 6.61 Å². The van der Waals surface area contributed by atoms with Crippen LogP contribution >= 0.6 is 11.8 Å². The third-order valence-corrected chi connectivity index (χ3v) is 3.52. The van der Waals surface area contributed by atoms with Crippen molar-refractivity contribution in [1.29, 1.82) is 0 Å². The summed E-state index contributed by atoms with van der Waals surface area (Å²) in [7, 11) is 0. The van der Waals surface area contributed by atoms with Gasteiger partial charge in [0.2, 0.25) is 0 Å². The zero-order chi connectivity index (χ0) is 12.8. The van der Waals surface area contributed by atoms with Gasteiger partial charge in [-0.2, -0.15) is 0 Å². The van der Waals surface area contributed by atoms with Gasteiger partial charge >= 0.3 is 11.9 Å². The van der Waals surface area contributed by atoms with Gasteiger partial charge in [0.25, 0.3) is 0 Å². The molecule has 1 saturated heterocycles. The summed E-state index contributed by atoms with van der Waals surface area (Å²) >= 11 is 1.35. The minimum Gasteiger partial charge on any atom is -0.465 e. The van der Waals surface area contributed by atoms with Crippen molar-refractivity contribution >= 4 is 23.7 Å². The highest BCUT2D eigenvalue weighted by atomic mass is 32.2. The first-order valence-corrected chi connectivity index (χ1v) is 5.97. The first-order chi connectivity index (χ1) is 8.02. The van der Waals surface area contributed by atoms with Gasteiger partial charge in [-0.3, -0.25) is 9.59 Å². The van der Waals surface area contributed by atoms with Crippen LogP contribution in [0.5, 0.6) is 0 Å². The second kappa shape index (κ2) is 6.36. The maximum atomic E-state index is 10.9. The van der Waals surface area contributed by atoms with E-state index in [0.29, 0.717) is 6.42 Å². The molecule has 1 fully saturated rings. The van der Waals surface area contributed by atoms with E-state index in [4.69, 9.17) is 15.0 Å². The lowest BCUT2D eigenvalue weighted by molar-refractivity contribution is -0.147. The predicted octanol–water partition coefficient (Wildman–Crippen LogP) is 1.62. The maximum absolute atomic E-state index is 10.9. The average molecular weight is 259 g/mol. The highest BCUT2D eigenvalue weighted by Gasteiger charge is 2.37. The number of carbonyl (C=O) groups is 2. The lowest BCUT2D eigenvalue weighted by Crippen LogP contribution is -2.28. The van der Waals surface area contributed by atoms with Crippen LogP contribution in [-0.4, -0.2) is 35.3 Å². The number of hydrogen-bond donors (Lipinski definition) is 0. The fourth-order valence-electron chi connectivity index (χ4n) is 1.51. The van der Waals surface area contributed by atoms with Crippen molar-refractivity contribution in [3.05, 3.63) is 10.4 Å². The van der Waals surface area contributed by atoms with Crippen molar-refractivity contribution < 1.29 is 19.1 Å². The summed E-state index contributed by atoms with van der Waals surface area (Å²) in [5, 5.41) is 3.10. The molecule has 0 bridgehead atoms. The fourth-order valence-corrected chi connectivity index (χ4v) is 2.80. The van der Waals surface area contributed by atoms with E-state index >= 15 is 0 Å². The number of rotatable bonds is 4. The second-order valence-corrected chi connectivity index (χ2v) is 4.94. The Morgan fingerprint density at radius 3 is 2.71 bits per heavy atom. The Kier molecular flexibility index (Phi) is 5.11. The monoisotopic (exact) mass is 259 g/mol. The summed E-state index contributed by atoms with van der Waals surface area (Å²) < 4.78 is 9.98. The maximum Gasteiger partial charge on any atom is 0.302 e. The number of azide groups is 1. The third kappa shape index (κ3) is 4.54. The van der Waals surface area contributed by atoms with Gasteiger partial charge in [0.05, 0.1) is 10.6 Å². The Morgan fingerprint density at radius 2 is 2.18 bits per heavy atom. The van der Waals surface area contributed by atoms with Crippen LogP contribution in [-0.2, 0) is 19.1 Å². The van der Waals surface area contributed by atoms with Crippen molar-refractivity contribution in [3.63, 3.8) is 0 Å². The Morgan fingerprint density at radius 1 is 1.47 bits per heavy atom. The molecule has 0 saturated carbocycles. The van der Waals surface area contributed by atoms with E-state index < -0.39 is 5.97 Å². The number of carbonyl (C=O) groups excluding carboxylic acids is 2. The van der Waals surface area contributed by atoms with Gasteiger partial charge in [0, 0.05) is 25.2 Å². The molecular formula is C9H13N3O4S. The van der Waals surface area contributed by atoms with E-state index in [1.54, 1.807) is 0 Å². The SMILES string of the molecule is CC(=O)OC[C@H]1SC(N=[N+]=[N-])C[C@@H]1OC(C)=O. The summed E-state index contributed by atoms with van der Waals surface area (Å²) in [6, 6.07) is 0. The van der Waals surface area contributed by atoms with E-state index in [1.165, 1.54) is 25.6 Å². The van der Waals surface area contributed by atoms with Gasteiger partial charge in [-0.1, -0.05) is 5.11 Å². The number of esters is 2. The van der Waals surface area contributed by atoms with Gasteiger partial charge in [0.1, 0.15) is 12.7 Å². The molecule has 0 spiro atoms. The molecule has 8 heteroatoms. The minimum atomic E-state index is -0.398. The smallest absolute Gasteiger partial charge is 0.302 e. The van der Waals surface area contributed by atoms with Crippen LogP contribution in [0.2, 0.25) is 0 Å². The molecule has 1 rings (SSSR count). The second-order valence-electron chi connectivity index (χ2n) is 3.52. The van der Waals surface area contributed by atoms with E-state index in [2.05, 4.69) is 10.0 Å². The highest BCUT2D eigenvalue weighted by Crippen LogP contribution is 2.37. The van der Waals surface area contributed by atoms with Gasteiger partial charge in [-0.15, -0.1) is 11.8 Å². The molecule has 0 aliphatic carbocycles. The lowest BCUT2D eigenvalue weighted by Gasteiger charge is -2.17. The number of nitrogens with zero attached hydrogens (tertiary/aromatic N) is 3. The largest absolute Gasteiger partial charge is 0.465 e. The van der Waals surface area contributed by atoms with Crippen molar-refractivity contribution in [3.8, 4) is 0 Å². The molecule has 0 aromatic carbocycles. The first-order valence-electron chi connectivity index (χ1n) is 5.03. The Hall–Kier alpha value is -1.40. The molecule has 1 unspecified atom stereocenters. The van der Waals surface area contributed by atoms with Gasteiger partial charge < -0.3 is 9.47 Å². The third-order valence-electron chi connectivity index (χ3n) is 2.13. The standard InChI is InChI=1S/C9H13N3O4S/c1-5(13)15-4-8-7(16-6(2)14)3-9(17-8)11-12-10/h7-9H,3-4H2,1-2H3/t7-,8+,9?/m0/s1. The molecule has 94 valence electrons. The highest BCUT2D eigenvalue weighted by molar-refractivity contribution is 8.00. The summed E-state index contributed by atoms with van der Waals surface area (Å²) in [5.41, 5.74) is 8.35. The molecule has 1 aliphatic rings. The van der Waals surface area contributed by atoms with E-state index in [-0.39, 0.29) is 29.3 Å². The van der Waals surface area contributed by atoms with Crippen LogP contribution in [0.3, 0.4) is 0 Å². The van der Waals surface area contributed by atoms with Crippen LogP contribution < -0.4 is 0 Å². The Balaban J connectivity index is 2.59. The molecule has 0 aromatic heterocycles. The average Bonchev–Trinajstić information content (AvgIpc) is 2.57. The molecule has 0 N–H and O–H groups in total. The normalized spacial score (nSPS) is 27.1. The molecule has 7 nitrogen and oxygen atoms in total. The first kappa shape index (κ1) is 13.7. The molecule has 1 aliphatic heterocycles. The zero-order valence-electron chi connectivity index (χ0n) is 9.53. The quantitative estimate of drug-likeness (QED) is 0.330. The van der Waals surface area contributed by atoms with Gasteiger partial charge in [-0.05, 0) is 5.53 Å². The Bertz CT molecular complexity index is 356. The number of hydrogen-bond acceptors (Lipinski definition) is 6. The molecule has 0 aromatic rings.